The van der Waals surface area contributed by atoms with E-state index < -0.39 is 5.41 Å². The Morgan fingerprint density at radius 3 is 2.59 bits per heavy atom. The second-order valence-electron chi connectivity index (χ2n) is 9.22. The van der Waals surface area contributed by atoms with Crippen molar-refractivity contribution in [3.8, 4) is 0 Å². The SMILES string of the molecule is COC(=O)CC[C@@H]1[C@@H]2CC=C3C[C@H](O)CC[C@]3(C)[C@@H]2CC[C@@]1(C)C(=O)OC. The van der Waals surface area contributed by atoms with Crippen molar-refractivity contribution in [3.05, 3.63) is 11.6 Å². The molecule has 5 heteroatoms. The van der Waals surface area contributed by atoms with Crippen molar-refractivity contribution in [3.63, 3.8) is 0 Å². The summed E-state index contributed by atoms with van der Waals surface area (Å²) in [5, 5.41) is 10.1. The van der Waals surface area contributed by atoms with Crippen LogP contribution in [0.5, 0.6) is 0 Å². The van der Waals surface area contributed by atoms with Crippen LogP contribution in [0.2, 0.25) is 0 Å². The van der Waals surface area contributed by atoms with Crippen LogP contribution in [-0.2, 0) is 19.1 Å². The number of fused-ring (bicyclic) bond motifs is 3. The molecule has 27 heavy (non-hydrogen) atoms. The summed E-state index contributed by atoms with van der Waals surface area (Å²) in [6, 6.07) is 0. The fraction of sp³-hybridized carbons (Fsp3) is 0.818. The number of allylic oxidation sites excluding steroid dienone is 1. The van der Waals surface area contributed by atoms with Crippen LogP contribution in [0.4, 0.5) is 0 Å². The summed E-state index contributed by atoms with van der Waals surface area (Å²) in [7, 11) is 2.87. The Labute approximate surface area is 162 Å². The Morgan fingerprint density at radius 1 is 1.19 bits per heavy atom. The van der Waals surface area contributed by atoms with E-state index in [1.807, 2.05) is 6.92 Å². The molecule has 5 nitrogen and oxygen atoms in total. The van der Waals surface area contributed by atoms with Gasteiger partial charge in [0.25, 0.3) is 0 Å². The highest BCUT2D eigenvalue weighted by molar-refractivity contribution is 5.77. The fourth-order valence-corrected chi connectivity index (χ4v) is 6.36. The molecule has 0 heterocycles. The van der Waals surface area contributed by atoms with Gasteiger partial charge in [-0.1, -0.05) is 18.6 Å². The molecule has 6 atom stereocenters. The third-order valence-electron chi connectivity index (χ3n) is 8.01. The Balaban J connectivity index is 1.92. The van der Waals surface area contributed by atoms with E-state index >= 15 is 0 Å². The van der Waals surface area contributed by atoms with Gasteiger partial charge in [-0.2, -0.15) is 0 Å². The lowest BCUT2D eigenvalue weighted by molar-refractivity contribution is -0.165. The predicted octanol–water partition coefficient (Wildman–Crippen LogP) is 3.64. The number of hydrogen-bond acceptors (Lipinski definition) is 5. The summed E-state index contributed by atoms with van der Waals surface area (Å²) in [6.07, 6.45) is 8.41. The van der Waals surface area contributed by atoms with Crippen molar-refractivity contribution < 1.29 is 24.2 Å². The molecule has 0 saturated heterocycles. The molecule has 0 unspecified atom stereocenters. The van der Waals surface area contributed by atoms with E-state index in [1.165, 1.54) is 19.8 Å². The van der Waals surface area contributed by atoms with Crippen molar-refractivity contribution >= 4 is 11.9 Å². The lowest BCUT2D eigenvalue weighted by Gasteiger charge is -2.57. The van der Waals surface area contributed by atoms with Gasteiger partial charge in [-0.15, -0.1) is 0 Å². The molecule has 0 radical (unpaired) electrons. The zero-order valence-electron chi connectivity index (χ0n) is 17.1. The van der Waals surface area contributed by atoms with Gasteiger partial charge in [-0.25, -0.2) is 0 Å². The molecule has 0 aromatic heterocycles. The molecular weight excluding hydrogens is 344 g/mol. The largest absolute Gasteiger partial charge is 0.469 e. The number of aliphatic hydroxyl groups excluding tert-OH is 1. The molecule has 3 aliphatic carbocycles. The van der Waals surface area contributed by atoms with Gasteiger partial charge in [0, 0.05) is 6.42 Å². The topological polar surface area (TPSA) is 72.8 Å². The molecular formula is C22H34O5. The smallest absolute Gasteiger partial charge is 0.311 e. The molecule has 2 fully saturated rings. The van der Waals surface area contributed by atoms with E-state index in [0.29, 0.717) is 24.7 Å². The lowest BCUT2D eigenvalue weighted by Crippen LogP contribution is -2.53. The molecule has 3 rings (SSSR count). The maximum absolute atomic E-state index is 12.7. The Bertz CT molecular complexity index is 626. The van der Waals surface area contributed by atoms with Crippen molar-refractivity contribution in [2.45, 2.75) is 71.3 Å². The van der Waals surface area contributed by atoms with Gasteiger partial charge in [-0.05, 0) is 75.0 Å². The minimum absolute atomic E-state index is 0.100. The van der Waals surface area contributed by atoms with Crippen LogP contribution in [0, 0.1) is 28.6 Å². The standard InChI is InChI=1S/C22H34O5/c1-21-11-9-15(23)13-14(21)5-6-16-17(7-8-19(24)26-3)22(2,20(25)27-4)12-10-18(16)21/h5,15-18,23H,6-13H2,1-4H3/t15-,16+,17-,18-,21+,22-/m1/s1. The van der Waals surface area contributed by atoms with Crippen molar-refractivity contribution in [2.75, 3.05) is 14.2 Å². The van der Waals surface area contributed by atoms with Gasteiger partial charge in [0.1, 0.15) is 0 Å². The van der Waals surface area contributed by atoms with Crippen molar-refractivity contribution in [1.29, 1.82) is 0 Å². The molecule has 0 amide bonds. The first-order chi connectivity index (χ1) is 12.8. The maximum Gasteiger partial charge on any atom is 0.311 e. The van der Waals surface area contributed by atoms with Crippen LogP contribution in [0.15, 0.2) is 11.6 Å². The van der Waals surface area contributed by atoms with E-state index in [2.05, 4.69) is 13.0 Å². The molecule has 3 aliphatic rings. The van der Waals surface area contributed by atoms with Gasteiger partial charge >= 0.3 is 11.9 Å². The average Bonchev–Trinajstić information content (AvgIpc) is 2.66. The summed E-state index contributed by atoms with van der Waals surface area (Å²) in [5.74, 6) is 0.573. The van der Waals surface area contributed by atoms with E-state index in [9.17, 15) is 14.7 Å². The van der Waals surface area contributed by atoms with E-state index in [1.54, 1.807) is 0 Å². The number of hydrogen-bond donors (Lipinski definition) is 1. The molecule has 0 spiro atoms. The van der Waals surface area contributed by atoms with E-state index in [-0.39, 0.29) is 29.4 Å². The minimum atomic E-state index is -0.556. The molecule has 1 N–H and O–H groups in total. The molecule has 0 aromatic rings. The zero-order valence-corrected chi connectivity index (χ0v) is 17.1. The summed E-state index contributed by atoms with van der Waals surface area (Å²) >= 11 is 0. The second-order valence-corrected chi connectivity index (χ2v) is 9.22. The van der Waals surface area contributed by atoms with Crippen LogP contribution >= 0.6 is 0 Å². The number of rotatable bonds is 4. The molecule has 0 bridgehead atoms. The Hall–Kier alpha value is -1.36. The highest BCUT2D eigenvalue weighted by atomic mass is 16.5. The normalized spacial score (nSPS) is 41.0. The Morgan fingerprint density at radius 2 is 1.93 bits per heavy atom. The Kier molecular flexibility index (Phi) is 5.72. The number of ether oxygens (including phenoxy) is 2. The lowest BCUT2D eigenvalue weighted by atomic mass is 9.47. The second kappa shape index (κ2) is 7.57. The van der Waals surface area contributed by atoms with E-state index in [0.717, 1.165) is 38.5 Å². The summed E-state index contributed by atoms with van der Waals surface area (Å²) in [6.45, 7) is 4.36. The number of carbonyl (C=O) groups excluding carboxylic acids is 2. The predicted molar refractivity (Wildman–Crippen MR) is 102 cm³/mol. The number of aliphatic hydroxyl groups is 1. The van der Waals surface area contributed by atoms with Crippen LogP contribution in [0.1, 0.15) is 65.2 Å². The molecule has 0 aromatic carbocycles. The van der Waals surface area contributed by atoms with Gasteiger partial charge in [0.05, 0.1) is 25.7 Å². The number of esters is 2. The summed E-state index contributed by atoms with van der Waals surface area (Å²) in [4.78, 5) is 24.5. The highest BCUT2D eigenvalue weighted by Crippen LogP contribution is 2.62. The molecule has 0 aliphatic heterocycles. The molecule has 2 saturated carbocycles. The van der Waals surface area contributed by atoms with E-state index in [4.69, 9.17) is 9.47 Å². The van der Waals surface area contributed by atoms with Crippen molar-refractivity contribution in [1.82, 2.24) is 0 Å². The van der Waals surface area contributed by atoms with Gasteiger partial charge in [0.2, 0.25) is 0 Å². The highest BCUT2D eigenvalue weighted by Gasteiger charge is 2.57. The fourth-order valence-electron chi connectivity index (χ4n) is 6.36. The zero-order chi connectivity index (χ0) is 19.8. The van der Waals surface area contributed by atoms with Crippen LogP contribution in [0.25, 0.3) is 0 Å². The van der Waals surface area contributed by atoms with Crippen molar-refractivity contribution in [2.24, 2.45) is 28.6 Å². The minimum Gasteiger partial charge on any atom is -0.469 e. The summed E-state index contributed by atoms with van der Waals surface area (Å²) < 4.78 is 10.0. The van der Waals surface area contributed by atoms with Gasteiger partial charge in [0.15, 0.2) is 0 Å². The van der Waals surface area contributed by atoms with Gasteiger partial charge < -0.3 is 14.6 Å². The monoisotopic (exact) mass is 378 g/mol. The average molecular weight is 379 g/mol. The van der Waals surface area contributed by atoms with Gasteiger partial charge in [-0.3, -0.25) is 9.59 Å². The third-order valence-corrected chi connectivity index (χ3v) is 8.01. The number of methoxy groups -OCH3 is 2. The summed E-state index contributed by atoms with van der Waals surface area (Å²) in [5.41, 5.74) is 0.944. The maximum atomic E-state index is 12.7. The first-order valence-electron chi connectivity index (χ1n) is 10.3. The van der Waals surface area contributed by atoms with Crippen LogP contribution in [-0.4, -0.2) is 37.4 Å². The molecule has 152 valence electrons. The first kappa shape index (κ1) is 20.4. The van der Waals surface area contributed by atoms with Crippen LogP contribution in [0.3, 0.4) is 0 Å². The third kappa shape index (κ3) is 3.43. The first-order valence-corrected chi connectivity index (χ1v) is 10.3. The van der Waals surface area contributed by atoms with Crippen LogP contribution < -0.4 is 0 Å². The number of carbonyl (C=O) groups is 2. The quantitative estimate of drug-likeness (QED) is 0.597.